The summed E-state index contributed by atoms with van der Waals surface area (Å²) in [5, 5.41) is 8.92. The van der Waals surface area contributed by atoms with Crippen molar-refractivity contribution in [3.05, 3.63) is 52.5 Å². The van der Waals surface area contributed by atoms with Gasteiger partial charge in [0.2, 0.25) is 0 Å². The van der Waals surface area contributed by atoms with E-state index in [2.05, 4.69) is 20.9 Å². The van der Waals surface area contributed by atoms with Crippen LogP contribution in [0.2, 0.25) is 0 Å². The van der Waals surface area contributed by atoms with E-state index in [1.54, 1.807) is 0 Å². The number of benzene rings is 1. The van der Waals surface area contributed by atoms with Crippen LogP contribution >= 0.6 is 15.9 Å². The predicted molar refractivity (Wildman–Crippen MR) is 65.4 cm³/mol. The predicted octanol–water partition coefficient (Wildman–Crippen LogP) is 3.47. The fourth-order valence-corrected chi connectivity index (χ4v) is 1.55. The zero-order chi connectivity index (χ0) is 13.1. The molecule has 0 unspecified atom stereocenters. The second kappa shape index (κ2) is 5.14. The van der Waals surface area contributed by atoms with Crippen LogP contribution in [0.3, 0.4) is 0 Å². The van der Waals surface area contributed by atoms with Gasteiger partial charge in [0.05, 0.1) is 4.47 Å². The number of rotatable bonds is 3. The molecule has 0 aliphatic heterocycles. The monoisotopic (exact) mass is 311 g/mol. The van der Waals surface area contributed by atoms with Gasteiger partial charge in [0.1, 0.15) is 11.6 Å². The molecule has 92 valence electrons. The van der Waals surface area contributed by atoms with E-state index in [0.29, 0.717) is 4.47 Å². The van der Waals surface area contributed by atoms with Gasteiger partial charge in [0, 0.05) is 12.3 Å². The highest BCUT2D eigenvalue weighted by molar-refractivity contribution is 9.10. The Bertz CT molecular complexity index is 604. The molecule has 4 nitrogen and oxygen atoms in total. The number of carboxylic acids is 1. The molecule has 0 saturated carbocycles. The third-order valence-corrected chi connectivity index (χ3v) is 2.74. The van der Waals surface area contributed by atoms with Crippen molar-refractivity contribution in [3.63, 3.8) is 0 Å². The summed E-state index contributed by atoms with van der Waals surface area (Å²) in [6.07, 6.45) is 1.35. The van der Waals surface area contributed by atoms with Gasteiger partial charge in [-0.3, -0.25) is 0 Å². The van der Waals surface area contributed by atoms with Gasteiger partial charge in [-0.1, -0.05) is 0 Å². The molecule has 0 aliphatic carbocycles. The first-order chi connectivity index (χ1) is 8.58. The lowest BCUT2D eigenvalue weighted by atomic mass is 10.3. The minimum Gasteiger partial charge on any atom is -0.476 e. The maximum Gasteiger partial charge on any atom is 0.358 e. The van der Waals surface area contributed by atoms with Gasteiger partial charge in [-0.2, -0.15) is 0 Å². The van der Waals surface area contributed by atoms with E-state index >= 15 is 0 Å². The molecule has 1 aromatic heterocycles. The van der Waals surface area contributed by atoms with Gasteiger partial charge in [-0.25, -0.2) is 14.2 Å². The van der Waals surface area contributed by atoms with Gasteiger partial charge in [-0.15, -0.1) is 0 Å². The summed E-state index contributed by atoms with van der Waals surface area (Å²) in [7, 11) is 0. The van der Waals surface area contributed by atoms with Crippen LogP contribution in [0, 0.1) is 5.82 Å². The number of aromatic nitrogens is 1. The molecule has 2 aromatic rings. The molecular weight excluding hydrogens is 305 g/mol. The zero-order valence-corrected chi connectivity index (χ0v) is 10.5. The number of carbonyl (C=O) groups is 1. The van der Waals surface area contributed by atoms with Gasteiger partial charge in [-0.05, 0) is 40.2 Å². The number of nitrogens with zero attached hydrogens (tertiary/aromatic N) is 1. The van der Waals surface area contributed by atoms with E-state index in [1.807, 2.05) is 0 Å². The summed E-state index contributed by atoms with van der Waals surface area (Å²) < 4.78 is 18.9. The largest absolute Gasteiger partial charge is 0.476 e. The zero-order valence-electron chi connectivity index (χ0n) is 8.93. The average Bonchev–Trinajstić information content (AvgIpc) is 2.34. The van der Waals surface area contributed by atoms with Crippen LogP contribution in [0.25, 0.3) is 0 Å². The summed E-state index contributed by atoms with van der Waals surface area (Å²) >= 11 is 3.02. The molecule has 6 heteroatoms. The van der Waals surface area contributed by atoms with Crippen molar-refractivity contribution in [3.8, 4) is 11.5 Å². The lowest BCUT2D eigenvalue weighted by Crippen LogP contribution is -2.02. The summed E-state index contributed by atoms with van der Waals surface area (Å²) in [5.74, 6) is -1.44. The quantitative estimate of drug-likeness (QED) is 0.943. The smallest absolute Gasteiger partial charge is 0.358 e. The molecule has 0 atom stereocenters. The first-order valence-corrected chi connectivity index (χ1v) is 5.68. The van der Waals surface area contributed by atoms with Crippen molar-refractivity contribution in [2.75, 3.05) is 0 Å². The molecule has 0 fully saturated rings. The van der Waals surface area contributed by atoms with Crippen molar-refractivity contribution >= 4 is 21.9 Å². The lowest BCUT2D eigenvalue weighted by Gasteiger charge is -2.08. The Labute approximate surface area is 110 Å². The van der Waals surface area contributed by atoms with E-state index in [4.69, 9.17) is 9.84 Å². The van der Waals surface area contributed by atoms with Gasteiger partial charge in [0.15, 0.2) is 11.4 Å². The molecule has 1 heterocycles. The standard InChI is InChI=1S/C12H7BrFNO3/c13-8-4-3-7(6-9(8)14)18-10-2-1-5-15-11(10)12(16)17/h1-6H,(H,16,17). The van der Waals surface area contributed by atoms with Crippen molar-refractivity contribution in [1.82, 2.24) is 4.98 Å². The van der Waals surface area contributed by atoms with Gasteiger partial charge >= 0.3 is 5.97 Å². The maximum atomic E-state index is 13.3. The lowest BCUT2D eigenvalue weighted by molar-refractivity contribution is 0.0687. The third-order valence-electron chi connectivity index (χ3n) is 2.09. The first kappa shape index (κ1) is 12.5. The number of aromatic carboxylic acids is 1. The highest BCUT2D eigenvalue weighted by Crippen LogP contribution is 2.27. The first-order valence-electron chi connectivity index (χ1n) is 4.89. The second-order valence-corrected chi connectivity index (χ2v) is 4.19. The van der Waals surface area contributed by atoms with Crippen molar-refractivity contribution in [2.45, 2.75) is 0 Å². The van der Waals surface area contributed by atoms with E-state index in [-0.39, 0.29) is 17.2 Å². The number of hydrogen-bond acceptors (Lipinski definition) is 3. The summed E-state index contributed by atoms with van der Waals surface area (Å²) in [5.41, 5.74) is -0.221. The van der Waals surface area contributed by atoms with Crippen LogP contribution in [-0.2, 0) is 0 Å². The average molecular weight is 312 g/mol. The third kappa shape index (κ3) is 2.65. The van der Waals surface area contributed by atoms with Crippen LogP contribution in [0.15, 0.2) is 41.0 Å². The van der Waals surface area contributed by atoms with Gasteiger partial charge < -0.3 is 9.84 Å². The minimum atomic E-state index is -1.21. The SMILES string of the molecule is O=C(O)c1ncccc1Oc1ccc(Br)c(F)c1. The number of pyridine rings is 1. The number of halogens is 2. The molecule has 0 aliphatic rings. The molecule has 0 radical (unpaired) electrons. The van der Waals surface area contributed by atoms with Crippen LogP contribution in [0.4, 0.5) is 4.39 Å². The molecule has 0 saturated heterocycles. The van der Waals surface area contributed by atoms with E-state index in [0.717, 1.165) is 6.07 Å². The summed E-state index contributed by atoms with van der Waals surface area (Å²) in [6.45, 7) is 0. The van der Waals surface area contributed by atoms with Gasteiger partial charge in [0.25, 0.3) is 0 Å². The maximum absolute atomic E-state index is 13.3. The summed E-state index contributed by atoms with van der Waals surface area (Å²) in [4.78, 5) is 14.6. The Hall–Kier alpha value is -1.95. The normalized spacial score (nSPS) is 10.1. The second-order valence-electron chi connectivity index (χ2n) is 3.33. The van der Waals surface area contributed by atoms with Crippen LogP contribution < -0.4 is 4.74 Å². The molecule has 18 heavy (non-hydrogen) atoms. The minimum absolute atomic E-state index is 0.0618. The molecule has 0 spiro atoms. The van der Waals surface area contributed by atoms with Crippen molar-refractivity contribution in [2.24, 2.45) is 0 Å². The molecule has 1 aromatic carbocycles. The van der Waals surface area contributed by atoms with E-state index in [9.17, 15) is 9.18 Å². The fraction of sp³-hybridized carbons (Fsp3) is 0. The van der Waals surface area contributed by atoms with Crippen molar-refractivity contribution in [1.29, 1.82) is 0 Å². The molecular formula is C12H7BrFNO3. The topological polar surface area (TPSA) is 59.4 Å². The Kier molecular flexibility index (Phi) is 3.57. The number of hydrogen-bond donors (Lipinski definition) is 1. The van der Waals surface area contributed by atoms with E-state index < -0.39 is 11.8 Å². The molecule has 0 amide bonds. The highest BCUT2D eigenvalue weighted by Gasteiger charge is 2.13. The fourth-order valence-electron chi connectivity index (χ4n) is 1.30. The Balaban J connectivity index is 2.34. The van der Waals surface area contributed by atoms with E-state index in [1.165, 1.54) is 30.5 Å². The molecule has 2 rings (SSSR count). The van der Waals surface area contributed by atoms with Crippen LogP contribution in [-0.4, -0.2) is 16.1 Å². The van der Waals surface area contributed by atoms with Crippen LogP contribution in [0.5, 0.6) is 11.5 Å². The molecule has 1 N–H and O–H groups in total. The van der Waals surface area contributed by atoms with Crippen molar-refractivity contribution < 1.29 is 19.0 Å². The number of ether oxygens (including phenoxy) is 1. The Morgan fingerprint density at radius 3 is 2.83 bits per heavy atom. The Morgan fingerprint density at radius 2 is 2.17 bits per heavy atom. The van der Waals surface area contributed by atoms with Crippen LogP contribution in [0.1, 0.15) is 10.5 Å². The summed E-state index contributed by atoms with van der Waals surface area (Å²) in [6, 6.07) is 7.14. The number of carboxylic acid groups (broad SMARTS) is 1. The Morgan fingerprint density at radius 1 is 1.39 bits per heavy atom. The molecule has 0 bridgehead atoms. The highest BCUT2D eigenvalue weighted by atomic mass is 79.9.